The van der Waals surface area contributed by atoms with Crippen LogP contribution in [-0.4, -0.2) is 73.4 Å². The van der Waals surface area contributed by atoms with E-state index in [9.17, 15) is 19.4 Å². The Kier molecular flexibility index (Phi) is 33.3. The van der Waals surface area contributed by atoms with Crippen molar-refractivity contribution in [2.45, 2.75) is 154 Å². The number of rotatable bonds is 35. The van der Waals surface area contributed by atoms with E-state index < -0.39 is 20.0 Å². The summed E-state index contributed by atoms with van der Waals surface area (Å²) in [5.41, 5.74) is 0. The van der Waals surface area contributed by atoms with Crippen molar-refractivity contribution in [1.29, 1.82) is 0 Å². The minimum atomic E-state index is -4.34. The van der Waals surface area contributed by atoms with Crippen LogP contribution < -0.4 is 5.32 Å². The minimum Gasteiger partial charge on any atom is -0.387 e. The van der Waals surface area contributed by atoms with Gasteiger partial charge in [0.25, 0.3) is 0 Å². The monoisotopic (exact) mass is 750 g/mol. The van der Waals surface area contributed by atoms with Crippen LogP contribution in [0, 0.1) is 0 Å². The first-order valence-electron chi connectivity index (χ1n) is 20.3. The van der Waals surface area contributed by atoms with Crippen molar-refractivity contribution in [2.24, 2.45) is 0 Å². The van der Waals surface area contributed by atoms with Crippen LogP contribution in [0.2, 0.25) is 0 Å². The molecule has 0 saturated heterocycles. The summed E-state index contributed by atoms with van der Waals surface area (Å²) >= 11 is 0. The summed E-state index contributed by atoms with van der Waals surface area (Å²) in [6.45, 7) is 4.62. The number of aliphatic hydroxyl groups excluding tert-OH is 1. The molecule has 0 heterocycles. The molecule has 0 bridgehead atoms. The molecule has 1 amide bonds. The lowest BCUT2D eigenvalue weighted by Crippen LogP contribution is -2.45. The summed E-state index contributed by atoms with van der Waals surface area (Å²) in [6, 6.07) is -0.865. The van der Waals surface area contributed by atoms with E-state index in [1.54, 1.807) is 6.08 Å². The fourth-order valence-electron chi connectivity index (χ4n) is 5.18. The molecule has 52 heavy (non-hydrogen) atoms. The van der Waals surface area contributed by atoms with Gasteiger partial charge >= 0.3 is 7.82 Å². The predicted molar refractivity (Wildman–Crippen MR) is 221 cm³/mol. The summed E-state index contributed by atoms with van der Waals surface area (Å²) in [6.07, 6.45) is 45.4. The highest BCUT2D eigenvalue weighted by Crippen LogP contribution is 2.43. The molecule has 3 N–H and O–H groups in total. The maximum atomic E-state index is 12.8. The number of carbonyl (C=O) groups excluding carboxylic acids is 1. The lowest BCUT2D eigenvalue weighted by atomic mass is 10.1. The molecule has 8 nitrogen and oxygen atoms in total. The van der Waals surface area contributed by atoms with Gasteiger partial charge in [-0.05, 0) is 64.2 Å². The van der Waals surface area contributed by atoms with Crippen molar-refractivity contribution in [2.75, 3.05) is 40.9 Å². The molecule has 3 atom stereocenters. The van der Waals surface area contributed by atoms with Crippen molar-refractivity contribution in [3.05, 3.63) is 72.9 Å². The van der Waals surface area contributed by atoms with E-state index in [1.165, 1.54) is 44.9 Å². The van der Waals surface area contributed by atoms with Crippen molar-refractivity contribution in [3.63, 3.8) is 0 Å². The molecule has 0 fully saturated rings. The fourth-order valence-corrected chi connectivity index (χ4v) is 5.92. The third-order valence-corrected chi connectivity index (χ3v) is 9.42. The third-order valence-electron chi connectivity index (χ3n) is 8.43. The minimum absolute atomic E-state index is 0.0507. The average molecular weight is 750 g/mol. The zero-order valence-electron chi connectivity index (χ0n) is 33.8. The first-order chi connectivity index (χ1) is 25.0. The van der Waals surface area contributed by atoms with Gasteiger partial charge < -0.3 is 19.8 Å². The third kappa shape index (κ3) is 36.3. The summed E-state index contributed by atoms with van der Waals surface area (Å²) in [7, 11) is 1.53. The molecular weight excluding hydrogens is 671 g/mol. The van der Waals surface area contributed by atoms with Gasteiger partial charge in [-0.3, -0.25) is 13.8 Å². The van der Waals surface area contributed by atoms with Gasteiger partial charge in [0.15, 0.2) is 0 Å². The number of unbranched alkanes of at least 4 members (excludes halogenated alkanes) is 12. The van der Waals surface area contributed by atoms with E-state index in [-0.39, 0.29) is 19.1 Å². The van der Waals surface area contributed by atoms with E-state index in [0.717, 1.165) is 77.0 Å². The van der Waals surface area contributed by atoms with Gasteiger partial charge in [-0.25, -0.2) is 4.57 Å². The van der Waals surface area contributed by atoms with Crippen LogP contribution in [0.15, 0.2) is 72.9 Å². The largest absolute Gasteiger partial charge is 0.472 e. The molecule has 0 aliphatic heterocycles. The van der Waals surface area contributed by atoms with Crippen molar-refractivity contribution in [3.8, 4) is 0 Å². The van der Waals surface area contributed by atoms with Crippen LogP contribution in [0.5, 0.6) is 0 Å². The van der Waals surface area contributed by atoms with Crippen LogP contribution in [-0.2, 0) is 18.4 Å². The van der Waals surface area contributed by atoms with Gasteiger partial charge in [-0.2, -0.15) is 0 Å². The molecule has 0 spiro atoms. The Bertz CT molecular complexity index is 1080. The predicted octanol–water partition coefficient (Wildman–Crippen LogP) is 10.9. The summed E-state index contributed by atoms with van der Waals surface area (Å²) in [5, 5.41) is 13.7. The highest BCUT2D eigenvalue weighted by atomic mass is 31.2. The Labute approximate surface area is 319 Å². The summed E-state index contributed by atoms with van der Waals surface area (Å²) in [4.78, 5) is 23.0. The van der Waals surface area contributed by atoms with E-state index >= 15 is 0 Å². The van der Waals surface area contributed by atoms with Gasteiger partial charge in [-0.15, -0.1) is 0 Å². The van der Waals surface area contributed by atoms with E-state index in [1.807, 2.05) is 27.2 Å². The first-order valence-corrected chi connectivity index (χ1v) is 21.8. The number of phosphoric ester groups is 1. The Morgan fingerprint density at radius 3 is 1.69 bits per heavy atom. The van der Waals surface area contributed by atoms with Gasteiger partial charge in [0.2, 0.25) is 5.91 Å². The van der Waals surface area contributed by atoms with E-state index in [0.29, 0.717) is 17.4 Å². The van der Waals surface area contributed by atoms with Gasteiger partial charge in [0.1, 0.15) is 13.2 Å². The number of hydrogen-bond donors (Lipinski definition) is 3. The second kappa shape index (κ2) is 34.7. The number of hydrogen-bond acceptors (Lipinski definition) is 5. The molecule has 3 unspecified atom stereocenters. The molecule has 0 radical (unpaired) electrons. The Balaban J connectivity index is 4.54. The van der Waals surface area contributed by atoms with Crippen molar-refractivity contribution < 1.29 is 32.9 Å². The zero-order chi connectivity index (χ0) is 38.6. The molecule has 0 aromatic rings. The standard InChI is InChI=1S/C43H77N2O6P/c1-6-8-10-12-14-16-18-19-20-21-22-23-24-25-27-29-31-33-35-37-43(47)44-41(40-51-52(48,49)50-39-38-45(3,4)5)42(46)36-34-32-30-28-26-17-15-13-11-9-7-2/h8,10,14,16,19-20,22-23,25,27,34,36,41-42,46H,6-7,9,11-13,15,17-18,21,24,26,28-33,35,37-40H2,1-5H3,(H-,44,47,48,49)/p+1/b10-8-,16-14-,20-19-,23-22-,27-25-,36-34+. The van der Waals surface area contributed by atoms with Crippen molar-refractivity contribution in [1.82, 2.24) is 5.32 Å². The molecular formula is C43H78N2O6P+. The number of quaternary nitrogens is 1. The molecule has 0 aliphatic rings. The quantitative estimate of drug-likeness (QED) is 0.0258. The Morgan fingerprint density at radius 1 is 0.673 bits per heavy atom. The topological polar surface area (TPSA) is 105 Å². The number of nitrogens with one attached hydrogen (secondary N) is 1. The maximum Gasteiger partial charge on any atom is 0.472 e. The van der Waals surface area contributed by atoms with Crippen LogP contribution in [0.25, 0.3) is 0 Å². The van der Waals surface area contributed by atoms with Crippen molar-refractivity contribution >= 4 is 13.7 Å². The first kappa shape index (κ1) is 49.9. The van der Waals surface area contributed by atoms with Crippen LogP contribution >= 0.6 is 7.82 Å². The molecule has 0 aromatic heterocycles. The SMILES string of the molecule is CC/C=C\C/C=C\C/C=C\C/C=C\C/C=C\CCCCCC(=O)NC(COP(=O)(O)OCC[N+](C)(C)C)C(O)/C=C/CCCCCCCCCCC. The maximum absolute atomic E-state index is 12.8. The number of allylic oxidation sites excluding steroid dienone is 11. The fraction of sp³-hybridized carbons (Fsp3) is 0.698. The second-order valence-electron chi connectivity index (χ2n) is 14.6. The van der Waals surface area contributed by atoms with E-state index in [4.69, 9.17) is 9.05 Å². The second-order valence-corrected chi connectivity index (χ2v) is 16.1. The lowest BCUT2D eigenvalue weighted by molar-refractivity contribution is -0.870. The number of aliphatic hydroxyl groups is 1. The van der Waals surface area contributed by atoms with Gasteiger partial charge in [0, 0.05) is 6.42 Å². The zero-order valence-corrected chi connectivity index (χ0v) is 34.7. The Morgan fingerprint density at radius 2 is 1.15 bits per heavy atom. The number of nitrogens with zero attached hydrogens (tertiary/aromatic N) is 1. The smallest absolute Gasteiger partial charge is 0.387 e. The lowest BCUT2D eigenvalue weighted by Gasteiger charge is -2.25. The molecule has 0 rings (SSSR count). The van der Waals surface area contributed by atoms with Crippen LogP contribution in [0.1, 0.15) is 142 Å². The number of phosphoric acid groups is 1. The molecule has 9 heteroatoms. The number of likely N-dealkylation sites (N-methyl/N-ethyl adjacent to an activating group) is 1. The molecule has 0 aliphatic carbocycles. The van der Waals surface area contributed by atoms with Gasteiger partial charge in [0.05, 0.1) is 39.9 Å². The Hall–Kier alpha value is -2.06. The van der Waals surface area contributed by atoms with Crippen LogP contribution in [0.3, 0.4) is 0 Å². The van der Waals surface area contributed by atoms with E-state index in [2.05, 4.69) is 79.9 Å². The number of amides is 1. The highest BCUT2D eigenvalue weighted by Gasteiger charge is 2.27. The van der Waals surface area contributed by atoms with Crippen LogP contribution in [0.4, 0.5) is 0 Å². The molecule has 0 saturated carbocycles. The molecule has 300 valence electrons. The number of carbonyl (C=O) groups is 1. The summed E-state index contributed by atoms with van der Waals surface area (Å²) in [5.74, 6) is -0.214. The molecule has 0 aromatic carbocycles. The normalized spacial score (nSPS) is 15.3. The van der Waals surface area contributed by atoms with Gasteiger partial charge in [-0.1, -0.05) is 145 Å². The highest BCUT2D eigenvalue weighted by molar-refractivity contribution is 7.47. The summed E-state index contributed by atoms with van der Waals surface area (Å²) < 4.78 is 23.4. The average Bonchev–Trinajstić information content (AvgIpc) is 3.09.